The maximum absolute atomic E-state index is 10.7. The Morgan fingerprint density at radius 3 is 2.55 bits per heavy atom. The van der Waals surface area contributed by atoms with Gasteiger partial charge in [-0.3, -0.25) is 0 Å². The molecule has 1 N–H and O–H groups in total. The zero-order valence-electron chi connectivity index (χ0n) is 19.3. The summed E-state index contributed by atoms with van der Waals surface area (Å²) >= 11 is 0. The molecule has 29 heavy (non-hydrogen) atoms. The van der Waals surface area contributed by atoms with Gasteiger partial charge in [0, 0.05) is 0 Å². The van der Waals surface area contributed by atoms with Crippen LogP contribution in [0.25, 0.3) is 0 Å². The van der Waals surface area contributed by atoms with E-state index < -0.39 is 8.32 Å². The number of benzene rings is 1. The van der Waals surface area contributed by atoms with E-state index in [2.05, 4.69) is 71.6 Å². The predicted molar refractivity (Wildman–Crippen MR) is 124 cm³/mol. The highest BCUT2D eigenvalue weighted by atomic mass is 28.4. The Bertz CT molecular complexity index is 807. The standard InChI is InChI=1S/C26H40O2Si/c1-8-26-16-13-18-17-19(28-29(6,7)24(2,3)4)9-10-20(18)21(26)14-15-25(5)22(26)11-12-23(25)27/h8-10,17,21-23,27H,1,11-16H2,2-7H3/t21-,22-,23+,25+,26-/m1/s1. The average Bonchev–Trinajstić information content (AvgIpc) is 2.95. The van der Waals surface area contributed by atoms with Crippen LogP contribution >= 0.6 is 0 Å². The number of aliphatic hydroxyl groups is 1. The van der Waals surface area contributed by atoms with E-state index in [4.69, 9.17) is 4.43 Å². The van der Waals surface area contributed by atoms with Gasteiger partial charge in [0.15, 0.2) is 0 Å². The Balaban J connectivity index is 1.67. The molecule has 0 spiro atoms. The number of rotatable bonds is 3. The first-order chi connectivity index (χ1) is 13.4. The van der Waals surface area contributed by atoms with Crippen LogP contribution in [0, 0.1) is 16.7 Å². The van der Waals surface area contributed by atoms with Crippen LogP contribution < -0.4 is 4.43 Å². The summed E-state index contributed by atoms with van der Waals surface area (Å²) in [7, 11) is -1.83. The molecule has 3 heteroatoms. The minimum absolute atomic E-state index is 0.0631. The van der Waals surface area contributed by atoms with E-state index in [1.54, 1.807) is 0 Å². The van der Waals surface area contributed by atoms with Crippen LogP contribution in [0.1, 0.15) is 76.8 Å². The van der Waals surface area contributed by atoms with E-state index in [9.17, 15) is 5.11 Å². The van der Waals surface area contributed by atoms with Gasteiger partial charge in [0.05, 0.1) is 6.10 Å². The summed E-state index contributed by atoms with van der Waals surface area (Å²) in [6.07, 6.45) is 8.76. The van der Waals surface area contributed by atoms with Crippen molar-refractivity contribution in [1.82, 2.24) is 0 Å². The van der Waals surface area contributed by atoms with Gasteiger partial charge in [0.25, 0.3) is 0 Å². The van der Waals surface area contributed by atoms with Crippen LogP contribution in [0.2, 0.25) is 18.1 Å². The first-order valence-electron chi connectivity index (χ1n) is 11.6. The summed E-state index contributed by atoms with van der Waals surface area (Å²) in [6.45, 7) is 18.2. The van der Waals surface area contributed by atoms with Crippen molar-refractivity contribution in [3.63, 3.8) is 0 Å². The summed E-state index contributed by atoms with van der Waals surface area (Å²) in [5, 5.41) is 10.9. The quantitative estimate of drug-likeness (QED) is 0.435. The minimum atomic E-state index is -1.83. The smallest absolute Gasteiger partial charge is 0.250 e. The van der Waals surface area contributed by atoms with Crippen molar-refractivity contribution in [3.8, 4) is 5.75 Å². The summed E-state index contributed by atoms with van der Waals surface area (Å²) in [5.41, 5.74) is 3.19. The predicted octanol–water partition coefficient (Wildman–Crippen LogP) is 6.84. The highest BCUT2D eigenvalue weighted by Crippen LogP contribution is 2.67. The molecule has 3 aliphatic carbocycles. The lowest BCUT2D eigenvalue weighted by atomic mass is 9.47. The molecule has 2 nitrogen and oxygen atoms in total. The maximum atomic E-state index is 10.7. The van der Waals surface area contributed by atoms with Gasteiger partial charge in [-0.15, -0.1) is 6.58 Å². The van der Waals surface area contributed by atoms with E-state index >= 15 is 0 Å². The van der Waals surface area contributed by atoms with Crippen LogP contribution in [0.3, 0.4) is 0 Å². The molecule has 160 valence electrons. The molecule has 0 aromatic heterocycles. The molecule has 0 amide bonds. The second-order valence-corrected chi connectivity index (χ2v) is 16.5. The maximum Gasteiger partial charge on any atom is 0.250 e. The van der Waals surface area contributed by atoms with Gasteiger partial charge in [-0.1, -0.05) is 39.8 Å². The van der Waals surface area contributed by atoms with Crippen LogP contribution in [0.4, 0.5) is 0 Å². The SMILES string of the molecule is C=C[C@@]12CCc3cc(O[Si](C)(C)C(C)(C)C)ccc3[C@H]1CC[C@@]1(C)[C@H]2CC[C@@H]1O. The lowest BCUT2D eigenvalue weighted by Crippen LogP contribution is -2.50. The number of hydrogen-bond acceptors (Lipinski definition) is 2. The third-order valence-electron chi connectivity index (χ3n) is 9.43. The van der Waals surface area contributed by atoms with Crippen LogP contribution in [0.5, 0.6) is 5.75 Å². The van der Waals surface area contributed by atoms with Crippen molar-refractivity contribution in [2.24, 2.45) is 16.7 Å². The Hall–Kier alpha value is -1.06. The van der Waals surface area contributed by atoms with Crippen molar-refractivity contribution >= 4 is 8.32 Å². The highest BCUT2D eigenvalue weighted by Gasteiger charge is 2.60. The van der Waals surface area contributed by atoms with Crippen LogP contribution in [-0.2, 0) is 6.42 Å². The van der Waals surface area contributed by atoms with E-state index in [0.29, 0.717) is 11.8 Å². The second kappa shape index (κ2) is 6.72. The van der Waals surface area contributed by atoms with Gasteiger partial charge < -0.3 is 9.53 Å². The largest absolute Gasteiger partial charge is 0.543 e. The first kappa shape index (κ1) is 21.2. The lowest BCUT2D eigenvalue weighted by molar-refractivity contribution is -0.0528. The van der Waals surface area contributed by atoms with E-state index in [1.165, 1.54) is 11.1 Å². The summed E-state index contributed by atoms with van der Waals surface area (Å²) in [5.74, 6) is 2.14. The monoisotopic (exact) mass is 412 g/mol. The normalized spacial score (nSPS) is 36.7. The Morgan fingerprint density at radius 1 is 1.17 bits per heavy atom. The topological polar surface area (TPSA) is 29.5 Å². The molecule has 1 aromatic rings. The molecule has 5 atom stereocenters. The summed E-state index contributed by atoms with van der Waals surface area (Å²) < 4.78 is 6.60. The third-order valence-corrected chi connectivity index (χ3v) is 13.8. The second-order valence-electron chi connectivity index (χ2n) is 11.8. The Morgan fingerprint density at radius 2 is 1.90 bits per heavy atom. The molecule has 0 saturated heterocycles. The van der Waals surface area contributed by atoms with Gasteiger partial charge in [0.1, 0.15) is 5.75 Å². The lowest BCUT2D eigenvalue weighted by Gasteiger charge is -2.57. The molecular formula is C26H40O2Si. The first-order valence-corrected chi connectivity index (χ1v) is 14.5. The van der Waals surface area contributed by atoms with Gasteiger partial charge >= 0.3 is 0 Å². The van der Waals surface area contributed by atoms with Gasteiger partial charge in [-0.25, -0.2) is 0 Å². The number of allylic oxidation sites excluding steroid dienone is 1. The summed E-state index contributed by atoms with van der Waals surface area (Å²) in [6, 6.07) is 6.91. The van der Waals surface area contributed by atoms with Gasteiger partial charge in [-0.2, -0.15) is 0 Å². The van der Waals surface area contributed by atoms with Crippen LogP contribution in [0.15, 0.2) is 30.9 Å². The number of hydrogen-bond donors (Lipinski definition) is 1. The molecule has 0 heterocycles. The fraction of sp³-hybridized carbons (Fsp3) is 0.692. The van der Waals surface area contributed by atoms with Gasteiger partial charge in [0.2, 0.25) is 8.32 Å². The highest BCUT2D eigenvalue weighted by molar-refractivity contribution is 6.74. The van der Waals surface area contributed by atoms with E-state index in [-0.39, 0.29) is 22.0 Å². The number of fused-ring (bicyclic) bond motifs is 5. The molecule has 0 unspecified atom stereocenters. The number of aliphatic hydroxyl groups excluding tert-OH is 1. The third kappa shape index (κ3) is 3.06. The van der Waals surface area contributed by atoms with Crippen molar-refractivity contribution < 1.29 is 9.53 Å². The molecule has 0 aliphatic heterocycles. The molecule has 3 aliphatic rings. The molecule has 2 fully saturated rings. The molecule has 0 radical (unpaired) electrons. The molecule has 1 aromatic carbocycles. The fourth-order valence-electron chi connectivity index (χ4n) is 6.59. The van der Waals surface area contributed by atoms with Crippen LogP contribution in [-0.4, -0.2) is 19.5 Å². The Labute approximate surface area is 178 Å². The van der Waals surface area contributed by atoms with E-state index in [0.717, 1.165) is 44.3 Å². The summed E-state index contributed by atoms with van der Waals surface area (Å²) in [4.78, 5) is 0. The molecule has 2 saturated carbocycles. The Kier molecular flexibility index (Phi) is 4.91. The molecule has 0 bridgehead atoms. The molecular weight excluding hydrogens is 372 g/mol. The zero-order chi connectivity index (χ0) is 21.2. The molecule has 4 rings (SSSR count). The van der Waals surface area contributed by atoms with Crippen molar-refractivity contribution in [2.75, 3.05) is 0 Å². The van der Waals surface area contributed by atoms with Crippen molar-refractivity contribution in [2.45, 2.75) is 96.4 Å². The van der Waals surface area contributed by atoms with Gasteiger partial charge in [-0.05, 0) is 103 Å². The number of aryl methyl sites for hydroxylation is 1. The average molecular weight is 413 g/mol. The zero-order valence-corrected chi connectivity index (χ0v) is 20.3. The van der Waals surface area contributed by atoms with Crippen molar-refractivity contribution in [1.29, 1.82) is 0 Å². The van der Waals surface area contributed by atoms with E-state index in [1.807, 2.05) is 0 Å². The minimum Gasteiger partial charge on any atom is -0.543 e. The fourth-order valence-corrected chi connectivity index (χ4v) is 7.61. The van der Waals surface area contributed by atoms with Crippen molar-refractivity contribution in [3.05, 3.63) is 42.0 Å².